The molecule has 0 saturated carbocycles. The summed E-state index contributed by atoms with van der Waals surface area (Å²) in [5.41, 5.74) is -2.74. The van der Waals surface area contributed by atoms with Crippen LogP contribution in [-0.2, 0) is 17.1 Å². The maximum atomic E-state index is 14.9. The molecular formula is C19H19F5N+. The fraction of sp³-hybridized carbons (Fsp3) is 0.421. The topological polar surface area (TPSA) is 3.88 Å². The molecule has 1 aromatic carbocycles. The molecule has 1 aromatic heterocycles. The second-order valence-corrected chi connectivity index (χ2v) is 7.17. The molecule has 134 valence electrons. The molecule has 1 nitrogen and oxygen atoms in total. The van der Waals surface area contributed by atoms with Crippen molar-refractivity contribution < 1.29 is 26.5 Å². The summed E-state index contributed by atoms with van der Waals surface area (Å²) in [7, 11) is 0. The molecule has 0 spiro atoms. The molecule has 3 rings (SSSR count). The first kappa shape index (κ1) is 17.8. The first-order chi connectivity index (χ1) is 11.5. The van der Waals surface area contributed by atoms with Crippen LogP contribution in [0.15, 0.2) is 30.5 Å². The highest BCUT2D eigenvalue weighted by atomic mass is 19.4. The number of halogens is 5. The van der Waals surface area contributed by atoms with Crippen LogP contribution < -0.4 is 4.57 Å². The van der Waals surface area contributed by atoms with Gasteiger partial charge in [0.05, 0.1) is 11.0 Å². The van der Waals surface area contributed by atoms with Crippen molar-refractivity contribution in [2.75, 3.05) is 0 Å². The third kappa shape index (κ3) is 2.22. The fourth-order valence-electron chi connectivity index (χ4n) is 3.92. The van der Waals surface area contributed by atoms with Crippen molar-refractivity contribution in [3.63, 3.8) is 0 Å². The molecule has 0 amide bonds. The second-order valence-electron chi connectivity index (χ2n) is 7.17. The normalized spacial score (nSPS) is 21.6. The molecule has 1 aliphatic rings. The van der Waals surface area contributed by atoms with Crippen molar-refractivity contribution in [1.82, 2.24) is 0 Å². The summed E-state index contributed by atoms with van der Waals surface area (Å²) in [6, 6.07) is 5.81. The van der Waals surface area contributed by atoms with Gasteiger partial charge in [0.15, 0.2) is 17.6 Å². The second kappa shape index (κ2) is 5.26. The Morgan fingerprint density at radius 1 is 1.08 bits per heavy atom. The van der Waals surface area contributed by atoms with Gasteiger partial charge in [-0.05, 0) is 31.0 Å². The third-order valence-electron chi connectivity index (χ3n) is 5.87. The average molecular weight is 356 g/mol. The third-order valence-corrected chi connectivity index (χ3v) is 5.87. The molecule has 1 unspecified atom stereocenters. The van der Waals surface area contributed by atoms with Crippen molar-refractivity contribution in [3.05, 3.63) is 53.2 Å². The van der Waals surface area contributed by atoms with Crippen molar-refractivity contribution in [3.8, 4) is 11.3 Å². The summed E-state index contributed by atoms with van der Waals surface area (Å²) >= 11 is 0. The summed E-state index contributed by atoms with van der Waals surface area (Å²) in [5, 5.41) is 0. The van der Waals surface area contributed by atoms with Gasteiger partial charge < -0.3 is 0 Å². The van der Waals surface area contributed by atoms with Crippen molar-refractivity contribution >= 4 is 0 Å². The largest absolute Gasteiger partial charge is 0.422 e. The van der Waals surface area contributed by atoms with E-state index >= 15 is 0 Å². The molecule has 0 bridgehead atoms. The Balaban J connectivity index is 2.51. The van der Waals surface area contributed by atoms with E-state index in [1.165, 1.54) is 0 Å². The molecule has 0 fully saturated rings. The van der Waals surface area contributed by atoms with Gasteiger partial charge in [-0.3, -0.25) is 0 Å². The number of fused-ring (bicyclic) bond motifs is 3. The van der Waals surface area contributed by atoms with Crippen LogP contribution in [0.5, 0.6) is 0 Å². The quantitative estimate of drug-likeness (QED) is 0.479. The molecule has 2 heterocycles. The predicted octanol–water partition coefficient (Wildman–Crippen LogP) is 5.35. The van der Waals surface area contributed by atoms with E-state index in [-0.39, 0.29) is 11.1 Å². The molecule has 0 radical (unpaired) electrons. The van der Waals surface area contributed by atoms with Crippen LogP contribution in [0.2, 0.25) is 0 Å². The SMILES string of the molecule is CCC1(C)c2cc(F)c(C(F)(F)F)c(F)c2-c2cccc[n+]2C1(C)C. The number of benzene rings is 1. The Morgan fingerprint density at radius 3 is 2.28 bits per heavy atom. The standard InChI is InChI=1S/C19H19F5N/c1-5-18(4)11-10-12(20)15(19(22,23)24)16(21)14(11)13-8-6-7-9-25(13)17(18,2)3/h6-10H,5H2,1-4H3/q+1. The van der Waals surface area contributed by atoms with Crippen LogP contribution in [0, 0.1) is 11.6 Å². The average Bonchev–Trinajstić information content (AvgIpc) is 2.51. The van der Waals surface area contributed by atoms with Gasteiger partial charge in [-0.15, -0.1) is 0 Å². The molecule has 0 saturated heterocycles. The fourth-order valence-corrected chi connectivity index (χ4v) is 3.92. The zero-order valence-electron chi connectivity index (χ0n) is 14.4. The molecule has 1 atom stereocenters. The van der Waals surface area contributed by atoms with E-state index in [0.29, 0.717) is 12.1 Å². The molecule has 0 N–H and O–H groups in total. The van der Waals surface area contributed by atoms with Gasteiger partial charge >= 0.3 is 6.18 Å². The molecule has 0 aliphatic carbocycles. The number of hydrogen-bond acceptors (Lipinski definition) is 0. The van der Waals surface area contributed by atoms with E-state index in [1.54, 1.807) is 29.0 Å². The lowest BCUT2D eigenvalue weighted by molar-refractivity contribution is -0.760. The lowest BCUT2D eigenvalue weighted by Gasteiger charge is -2.44. The Morgan fingerprint density at radius 2 is 1.72 bits per heavy atom. The summed E-state index contributed by atoms with van der Waals surface area (Å²) in [6.07, 6.45) is -2.86. The van der Waals surface area contributed by atoms with Gasteiger partial charge in [0.2, 0.25) is 5.69 Å². The van der Waals surface area contributed by atoms with Crippen molar-refractivity contribution in [1.29, 1.82) is 0 Å². The van der Waals surface area contributed by atoms with Gasteiger partial charge in [-0.25, -0.2) is 8.78 Å². The predicted molar refractivity (Wildman–Crippen MR) is 84.0 cm³/mol. The highest BCUT2D eigenvalue weighted by Gasteiger charge is 2.56. The monoisotopic (exact) mass is 356 g/mol. The van der Waals surface area contributed by atoms with E-state index in [2.05, 4.69) is 0 Å². The minimum Gasteiger partial charge on any atom is -0.206 e. The van der Waals surface area contributed by atoms with E-state index < -0.39 is 34.3 Å². The summed E-state index contributed by atoms with van der Waals surface area (Å²) < 4.78 is 70.6. The Kier molecular flexibility index (Phi) is 3.75. The summed E-state index contributed by atoms with van der Waals surface area (Å²) in [5.74, 6) is -3.11. The van der Waals surface area contributed by atoms with Crippen LogP contribution in [0.1, 0.15) is 45.2 Å². The first-order valence-electron chi connectivity index (χ1n) is 8.08. The van der Waals surface area contributed by atoms with E-state index in [1.807, 2.05) is 27.7 Å². The van der Waals surface area contributed by atoms with Gasteiger partial charge in [-0.1, -0.05) is 6.92 Å². The Hall–Kier alpha value is -1.98. The maximum Gasteiger partial charge on any atom is 0.422 e. The van der Waals surface area contributed by atoms with Gasteiger partial charge in [0.25, 0.3) is 0 Å². The number of alkyl halides is 3. The van der Waals surface area contributed by atoms with E-state index in [4.69, 9.17) is 0 Å². The molecule has 6 heteroatoms. The van der Waals surface area contributed by atoms with Gasteiger partial charge in [-0.2, -0.15) is 17.7 Å². The lowest BCUT2D eigenvalue weighted by atomic mass is 9.62. The Labute approximate surface area is 143 Å². The number of nitrogens with zero attached hydrogens (tertiary/aromatic N) is 1. The first-order valence-corrected chi connectivity index (χ1v) is 8.08. The number of aromatic nitrogens is 1. The van der Waals surface area contributed by atoms with Crippen LogP contribution in [0.25, 0.3) is 11.3 Å². The smallest absolute Gasteiger partial charge is 0.206 e. The molecular weight excluding hydrogens is 337 g/mol. The van der Waals surface area contributed by atoms with Crippen LogP contribution in [0.3, 0.4) is 0 Å². The molecule has 25 heavy (non-hydrogen) atoms. The van der Waals surface area contributed by atoms with E-state index in [0.717, 1.165) is 6.07 Å². The van der Waals surface area contributed by atoms with Gasteiger partial charge in [0.1, 0.15) is 11.4 Å². The zero-order valence-corrected chi connectivity index (χ0v) is 14.4. The Bertz CT molecular complexity index is 854. The summed E-state index contributed by atoms with van der Waals surface area (Å²) in [6.45, 7) is 7.56. The maximum absolute atomic E-state index is 14.9. The summed E-state index contributed by atoms with van der Waals surface area (Å²) in [4.78, 5) is 0. The number of hydrogen-bond donors (Lipinski definition) is 0. The van der Waals surface area contributed by atoms with Crippen molar-refractivity contribution in [2.45, 2.75) is 51.2 Å². The number of pyridine rings is 1. The van der Waals surface area contributed by atoms with Gasteiger partial charge in [0, 0.05) is 26.0 Å². The highest BCUT2D eigenvalue weighted by molar-refractivity contribution is 5.67. The molecule has 2 aromatic rings. The van der Waals surface area contributed by atoms with Crippen LogP contribution in [-0.4, -0.2) is 0 Å². The van der Waals surface area contributed by atoms with Crippen LogP contribution >= 0.6 is 0 Å². The number of rotatable bonds is 1. The highest BCUT2D eigenvalue weighted by Crippen LogP contribution is 2.50. The van der Waals surface area contributed by atoms with E-state index in [9.17, 15) is 22.0 Å². The van der Waals surface area contributed by atoms with Crippen molar-refractivity contribution in [2.24, 2.45) is 0 Å². The lowest BCUT2D eigenvalue weighted by Crippen LogP contribution is -2.66. The van der Waals surface area contributed by atoms with Crippen LogP contribution in [0.4, 0.5) is 22.0 Å². The molecule has 1 aliphatic heterocycles. The minimum atomic E-state index is -5.10. The minimum absolute atomic E-state index is 0.169. The zero-order chi connectivity index (χ0) is 18.8.